The van der Waals surface area contributed by atoms with Gasteiger partial charge in [-0.25, -0.2) is 0 Å². The van der Waals surface area contributed by atoms with Crippen molar-refractivity contribution in [3.63, 3.8) is 0 Å². The van der Waals surface area contributed by atoms with Gasteiger partial charge in [0, 0.05) is 0 Å². The Bertz CT molecular complexity index is 2790. The molecule has 7 rings (SSSR count). The molecule has 1 aliphatic carbocycles. The fourth-order valence-corrected chi connectivity index (χ4v) is 12.0. The van der Waals surface area contributed by atoms with E-state index >= 15 is 0 Å². The summed E-state index contributed by atoms with van der Waals surface area (Å²) in [7, 11) is -3.37. The van der Waals surface area contributed by atoms with E-state index in [9.17, 15) is 0 Å². The lowest BCUT2D eigenvalue weighted by Gasteiger charge is -2.41. The van der Waals surface area contributed by atoms with E-state index in [1.165, 1.54) is 111 Å². The Balaban J connectivity index is 0.00000204. The van der Waals surface area contributed by atoms with Crippen LogP contribution < -0.4 is 14.7 Å². The third-order valence-corrected chi connectivity index (χ3v) is 14.5. The fourth-order valence-electron chi connectivity index (χ4n) is 12.0. The van der Waals surface area contributed by atoms with E-state index in [2.05, 4.69) is 263 Å². The van der Waals surface area contributed by atoms with E-state index in [0.29, 0.717) is 0 Å². The van der Waals surface area contributed by atoms with Gasteiger partial charge in [0.1, 0.15) is 0 Å². The van der Waals surface area contributed by atoms with Gasteiger partial charge in [0.25, 0.3) is 0 Å². The lowest BCUT2D eigenvalue weighted by atomic mass is 9.61. The molecule has 0 bridgehead atoms. The molecule has 6 aromatic rings. The third kappa shape index (κ3) is 10.9. The molecule has 1 aliphatic rings. The van der Waals surface area contributed by atoms with Gasteiger partial charge in [-0.1, -0.05) is 263 Å². The first-order valence-corrected chi connectivity index (χ1v) is 27.4. The molecule has 386 valence electrons. The van der Waals surface area contributed by atoms with Crippen LogP contribution in [0, 0.1) is 0 Å². The van der Waals surface area contributed by atoms with Crippen molar-refractivity contribution in [1.82, 2.24) is 0 Å². The minimum Gasteiger partial charge on any atom is -0.854 e. The second-order valence-electron chi connectivity index (χ2n) is 28.9. The Morgan fingerprint density at radius 3 is 0.528 bits per heavy atom. The van der Waals surface area contributed by atoms with Crippen LogP contribution in [0.5, 0.6) is 0 Å². The van der Waals surface area contributed by atoms with Gasteiger partial charge in [-0.15, -0.1) is 0 Å². The van der Waals surface area contributed by atoms with Crippen molar-refractivity contribution in [3.05, 3.63) is 142 Å². The average Bonchev–Trinajstić information content (AvgIpc) is 3.20. The summed E-state index contributed by atoms with van der Waals surface area (Å²) in [5.41, 5.74) is 26.7. The summed E-state index contributed by atoms with van der Waals surface area (Å²) in [6.07, 6.45) is 0. The smallest absolute Gasteiger partial charge is 0.000730 e. The van der Waals surface area contributed by atoms with Crippen LogP contribution in [0.25, 0.3) is 66.8 Å². The summed E-state index contributed by atoms with van der Waals surface area (Å²) in [5.74, 6) is 0. The molecule has 0 fully saturated rings. The summed E-state index contributed by atoms with van der Waals surface area (Å²) in [6, 6.07) is 38.5. The van der Waals surface area contributed by atoms with Gasteiger partial charge in [-0.3, -0.25) is 0 Å². The first kappa shape index (κ1) is 56.9. The van der Waals surface area contributed by atoms with Crippen molar-refractivity contribution in [1.29, 1.82) is 0 Å². The molecule has 0 atom stereocenters. The Morgan fingerprint density at radius 2 is 0.375 bits per heavy atom. The van der Waals surface area contributed by atoms with Crippen LogP contribution >= 0.6 is 8.60 Å². The van der Waals surface area contributed by atoms with E-state index in [4.69, 9.17) is 14.7 Å². The monoisotopic (exact) mass is 984 g/mol. The Hall–Kier alpha value is -4.37. The van der Waals surface area contributed by atoms with Gasteiger partial charge in [-0.05, 0) is 155 Å². The summed E-state index contributed by atoms with van der Waals surface area (Å²) in [4.78, 5) is 25.4. The second kappa shape index (κ2) is 19.1. The summed E-state index contributed by atoms with van der Waals surface area (Å²) < 4.78 is 0. The highest BCUT2D eigenvalue weighted by atomic mass is 31.2. The molecule has 6 aromatic carbocycles. The van der Waals surface area contributed by atoms with Crippen molar-refractivity contribution >= 4 is 8.60 Å². The number of fused-ring (bicyclic) bond motifs is 4. The Morgan fingerprint density at radius 1 is 0.222 bits per heavy atom. The van der Waals surface area contributed by atoms with Crippen LogP contribution in [0.1, 0.15) is 211 Å². The summed E-state index contributed by atoms with van der Waals surface area (Å²) in [5, 5.41) is 0. The van der Waals surface area contributed by atoms with E-state index in [1.54, 1.807) is 0 Å². The average molecular weight is 984 g/mol. The van der Waals surface area contributed by atoms with Crippen LogP contribution in [-0.4, -0.2) is 0 Å². The van der Waals surface area contributed by atoms with Gasteiger partial charge < -0.3 is 23.3 Å². The number of benzene rings is 6. The molecule has 0 saturated heterocycles. The zero-order valence-electron chi connectivity index (χ0n) is 48.9. The molecule has 0 heterocycles. The largest absolute Gasteiger partial charge is 0.854 e. The minimum atomic E-state index is -3.37. The van der Waals surface area contributed by atoms with Crippen molar-refractivity contribution in [2.24, 2.45) is 0 Å². The molecule has 0 radical (unpaired) electrons. The summed E-state index contributed by atoms with van der Waals surface area (Å²) >= 11 is 0. The predicted molar refractivity (Wildman–Crippen MR) is 309 cm³/mol. The molecular weight excluding hydrogens is 896 g/mol. The van der Waals surface area contributed by atoms with E-state index in [1.807, 2.05) is 0 Å². The maximum atomic E-state index is 8.48. The predicted octanol–water partition coefficient (Wildman–Crippen LogP) is 17.7. The van der Waals surface area contributed by atoms with Gasteiger partial charge in [0.2, 0.25) is 0 Å². The lowest BCUT2D eigenvalue weighted by Crippen LogP contribution is -2.26. The highest BCUT2D eigenvalue weighted by Crippen LogP contribution is 2.65. The zero-order chi connectivity index (χ0) is 54.4. The molecule has 3 nitrogen and oxygen atoms in total. The Labute approximate surface area is 439 Å². The zero-order valence-corrected chi connectivity index (χ0v) is 49.8. The molecule has 4 heteroatoms. The van der Waals surface area contributed by atoms with Crippen LogP contribution in [-0.2, 0) is 43.3 Å². The molecular formula is C68H88O3P-3. The lowest BCUT2D eigenvalue weighted by molar-refractivity contribution is -0.407. The molecule has 0 saturated carbocycles. The second-order valence-corrected chi connectivity index (χ2v) is 29.4. The van der Waals surface area contributed by atoms with Crippen LogP contribution in [0.15, 0.2) is 97.1 Å². The first-order chi connectivity index (χ1) is 32.6. The molecule has 0 unspecified atom stereocenters. The fraction of sp³-hybridized carbons (Fsp3) is 0.471. The van der Waals surface area contributed by atoms with Crippen molar-refractivity contribution in [2.45, 2.75) is 209 Å². The molecule has 0 spiro atoms. The SMILES string of the molecule is CC(C)(C)c1cccc(-c2c3c(c(-c4cccc(C(C)(C)C)c4C(C)(C)C)c(-c4cccc(C(C)(C)C)c4C(C)(C)C)c2-c2cccc(C(C)(C)C)c2C(C)(C)C)-c2ccccc2-3)c1C(C)(C)C.[O-]P([O-])[O-]. The van der Waals surface area contributed by atoms with E-state index in [0.717, 1.165) is 0 Å². The quantitative estimate of drug-likeness (QED) is 0.165. The van der Waals surface area contributed by atoms with Gasteiger partial charge in [-0.2, -0.15) is 0 Å². The maximum absolute atomic E-state index is 8.48. The minimum absolute atomic E-state index is 0.0786. The molecule has 0 amide bonds. The molecule has 72 heavy (non-hydrogen) atoms. The highest BCUT2D eigenvalue weighted by molar-refractivity contribution is 7.33. The normalized spacial score (nSPS) is 13.6. The van der Waals surface area contributed by atoms with Crippen molar-refractivity contribution < 1.29 is 14.7 Å². The highest BCUT2D eigenvalue weighted by Gasteiger charge is 2.43. The standard InChI is InChI=1S/C68H88.O3P/c1-61(2,3)47-37-27-33-43(57(47)65(13,14)15)53-51-41-31-25-26-32-42(41)52(51)54(44-34-28-38-48(62(4,5)6)58(44)66(16,17)18)56(46-36-30-40-50(64(10,11)12)60(46)68(22,23)24)55(53)45-35-29-39-49(63(7,8)9)59(45)67(19,20)21;1-4(2)3/h25-40H,1-24H3;/q;-3. The topological polar surface area (TPSA) is 69.2 Å². The van der Waals surface area contributed by atoms with Gasteiger partial charge in [0.05, 0.1) is 0 Å². The first-order valence-electron chi connectivity index (χ1n) is 26.4. The molecule has 0 N–H and O–H groups in total. The summed E-state index contributed by atoms with van der Waals surface area (Å²) in [6.45, 7) is 58.2. The van der Waals surface area contributed by atoms with Crippen LogP contribution in [0.2, 0.25) is 0 Å². The third-order valence-electron chi connectivity index (χ3n) is 14.5. The van der Waals surface area contributed by atoms with Crippen LogP contribution in [0.3, 0.4) is 0 Å². The number of hydrogen-bond donors (Lipinski definition) is 0. The molecule has 0 aromatic heterocycles. The van der Waals surface area contributed by atoms with E-state index in [-0.39, 0.29) is 43.3 Å². The number of hydrogen-bond acceptors (Lipinski definition) is 3. The van der Waals surface area contributed by atoms with Gasteiger partial charge in [0.15, 0.2) is 0 Å². The van der Waals surface area contributed by atoms with Gasteiger partial charge >= 0.3 is 0 Å². The Kier molecular flexibility index (Phi) is 15.1. The van der Waals surface area contributed by atoms with Crippen molar-refractivity contribution in [2.75, 3.05) is 0 Å². The van der Waals surface area contributed by atoms with Crippen molar-refractivity contribution in [3.8, 4) is 66.8 Å². The number of rotatable bonds is 4. The molecule has 0 aliphatic heterocycles. The van der Waals surface area contributed by atoms with E-state index < -0.39 is 8.60 Å². The maximum Gasteiger partial charge on any atom is -0.000730 e. The van der Waals surface area contributed by atoms with Crippen LogP contribution in [0.4, 0.5) is 0 Å².